The smallest absolute Gasteiger partial charge is 0.274 e. The summed E-state index contributed by atoms with van der Waals surface area (Å²) < 4.78 is 0. The lowest BCUT2D eigenvalue weighted by Crippen LogP contribution is -2.14. The molecule has 1 aromatic carbocycles. The van der Waals surface area contributed by atoms with Gasteiger partial charge in [0, 0.05) is 16.9 Å². The zero-order valence-electron chi connectivity index (χ0n) is 10.1. The molecule has 0 aliphatic heterocycles. The first-order valence-electron chi connectivity index (χ1n) is 5.54. The van der Waals surface area contributed by atoms with E-state index in [0.717, 1.165) is 5.56 Å². The van der Waals surface area contributed by atoms with Crippen LogP contribution in [0.4, 0.5) is 5.69 Å². The number of hydrogen-bond donors (Lipinski definition) is 1. The first-order chi connectivity index (χ1) is 9.10. The predicted octanol–water partition coefficient (Wildman–Crippen LogP) is 3.17. The van der Waals surface area contributed by atoms with Crippen molar-refractivity contribution >= 4 is 23.2 Å². The highest BCUT2D eigenvalue weighted by atomic mass is 35.5. The third-order valence-electron chi connectivity index (χ3n) is 2.56. The highest BCUT2D eigenvalue weighted by molar-refractivity contribution is 6.30. The lowest BCUT2D eigenvalue weighted by Gasteiger charge is -2.08. The summed E-state index contributed by atoms with van der Waals surface area (Å²) in [4.78, 5) is 15.9. The van der Waals surface area contributed by atoms with Gasteiger partial charge in [-0.2, -0.15) is 5.26 Å². The van der Waals surface area contributed by atoms with E-state index in [4.69, 9.17) is 16.9 Å². The van der Waals surface area contributed by atoms with E-state index in [1.165, 1.54) is 12.3 Å². The fourth-order valence-electron chi connectivity index (χ4n) is 1.55. The third-order valence-corrected chi connectivity index (χ3v) is 2.80. The van der Waals surface area contributed by atoms with Crippen molar-refractivity contribution in [2.75, 3.05) is 5.32 Å². The largest absolute Gasteiger partial charge is 0.320 e. The van der Waals surface area contributed by atoms with Crippen molar-refractivity contribution in [1.29, 1.82) is 5.26 Å². The van der Waals surface area contributed by atoms with E-state index in [-0.39, 0.29) is 11.6 Å². The van der Waals surface area contributed by atoms with Crippen LogP contribution in [0.3, 0.4) is 0 Å². The number of aryl methyl sites for hydroxylation is 1. The highest BCUT2D eigenvalue weighted by Gasteiger charge is 2.09. The second kappa shape index (κ2) is 5.51. The Morgan fingerprint density at radius 2 is 2.16 bits per heavy atom. The van der Waals surface area contributed by atoms with Crippen LogP contribution in [-0.2, 0) is 0 Å². The molecule has 0 fully saturated rings. The van der Waals surface area contributed by atoms with Gasteiger partial charge in [0.25, 0.3) is 5.91 Å². The van der Waals surface area contributed by atoms with Crippen LogP contribution >= 0.6 is 11.6 Å². The molecule has 0 bridgehead atoms. The first kappa shape index (κ1) is 13.1. The average Bonchev–Trinajstić information content (AvgIpc) is 2.42. The van der Waals surface area contributed by atoms with Crippen LogP contribution in [0.25, 0.3) is 0 Å². The minimum atomic E-state index is -0.324. The third kappa shape index (κ3) is 3.09. The second-order valence-corrected chi connectivity index (χ2v) is 4.39. The molecule has 1 heterocycles. The van der Waals surface area contributed by atoms with E-state index < -0.39 is 0 Å². The monoisotopic (exact) mass is 271 g/mol. The molecule has 0 aliphatic carbocycles. The molecule has 0 radical (unpaired) electrons. The molecule has 94 valence electrons. The van der Waals surface area contributed by atoms with Crippen LogP contribution in [-0.4, -0.2) is 10.9 Å². The summed E-state index contributed by atoms with van der Waals surface area (Å²) in [6.07, 6.45) is 1.36. The number of pyridine rings is 1. The second-order valence-electron chi connectivity index (χ2n) is 3.96. The van der Waals surface area contributed by atoms with Crippen LogP contribution < -0.4 is 5.32 Å². The van der Waals surface area contributed by atoms with Gasteiger partial charge < -0.3 is 5.32 Å². The van der Waals surface area contributed by atoms with Gasteiger partial charge in [0.05, 0.1) is 5.56 Å². The Bertz CT molecular complexity index is 659. The summed E-state index contributed by atoms with van der Waals surface area (Å²) in [5, 5.41) is 12.0. The van der Waals surface area contributed by atoms with Gasteiger partial charge in [-0.05, 0) is 42.8 Å². The van der Waals surface area contributed by atoms with Gasteiger partial charge in [0.15, 0.2) is 0 Å². The molecule has 0 unspecified atom stereocenters. The predicted molar refractivity (Wildman–Crippen MR) is 73.1 cm³/mol. The van der Waals surface area contributed by atoms with Crippen molar-refractivity contribution < 1.29 is 4.79 Å². The zero-order chi connectivity index (χ0) is 13.8. The van der Waals surface area contributed by atoms with Gasteiger partial charge in [0.1, 0.15) is 11.8 Å². The summed E-state index contributed by atoms with van der Waals surface area (Å²) in [6.45, 7) is 1.85. The number of benzene rings is 1. The summed E-state index contributed by atoms with van der Waals surface area (Å²) in [5.41, 5.74) is 2.22. The van der Waals surface area contributed by atoms with Crippen molar-refractivity contribution in [1.82, 2.24) is 4.98 Å². The molecule has 0 atom stereocenters. The molecule has 0 saturated carbocycles. The molecule has 4 nitrogen and oxygen atoms in total. The van der Waals surface area contributed by atoms with Crippen LogP contribution in [0, 0.1) is 18.3 Å². The van der Waals surface area contributed by atoms with Crippen LogP contribution in [0.15, 0.2) is 36.5 Å². The van der Waals surface area contributed by atoms with Crippen molar-refractivity contribution in [2.45, 2.75) is 6.92 Å². The Labute approximate surface area is 115 Å². The molecule has 0 spiro atoms. The number of hydrogen-bond acceptors (Lipinski definition) is 3. The lowest BCUT2D eigenvalue weighted by atomic mass is 10.2. The Kier molecular flexibility index (Phi) is 3.79. The lowest BCUT2D eigenvalue weighted by molar-refractivity contribution is 0.102. The van der Waals surface area contributed by atoms with E-state index in [2.05, 4.69) is 10.3 Å². The Hall–Kier alpha value is -2.38. The average molecular weight is 272 g/mol. The van der Waals surface area contributed by atoms with Crippen LogP contribution in [0.5, 0.6) is 0 Å². The topological polar surface area (TPSA) is 65.8 Å². The molecule has 1 amide bonds. The van der Waals surface area contributed by atoms with Crippen molar-refractivity contribution in [3.63, 3.8) is 0 Å². The maximum Gasteiger partial charge on any atom is 0.274 e. The first-order valence-corrected chi connectivity index (χ1v) is 5.91. The number of carbonyl (C=O) groups is 1. The number of amides is 1. The highest BCUT2D eigenvalue weighted by Crippen LogP contribution is 2.20. The van der Waals surface area contributed by atoms with Gasteiger partial charge in [-0.15, -0.1) is 0 Å². The normalized spacial score (nSPS) is 9.74. The quantitative estimate of drug-likeness (QED) is 0.912. The van der Waals surface area contributed by atoms with Crippen molar-refractivity contribution in [3.8, 4) is 6.07 Å². The molecule has 5 heteroatoms. The number of carbonyl (C=O) groups excluding carboxylic acids is 1. The van der Waals surface area contributed by atoms with Gasteiger partial charge in [-0.1, -0.05) is 11.6 Å². The van der Waals surface area contributed by atoms with E-state index in [1.807, 2.05) is 13.0 Å². The molecule has 0 saturated heterocycles. The molecule has 1 aromatic heterocycles. The molecule has 19 heavy (non-hydrogen) atoms. The SMILES string of the molecule is Cc1cc(Cl)ccc1NC(=O)c1ccc(C#N)cn1. The molecule has 2 rings (SSSR count). The number of anilines is 1. The summed E-state index contributed by atoms with van der Waals surface area (Å²) in [6, 6.07) is 10.2. The van der Waals surface area contributed by atoms with Crippen molar-refractivity contribution in [2.24, 2.45) is 0 Å². The summed E-state index contributed by atoms with van der Waals surface area (Å²) >= 11 is 5.85. The number of nitrogens with zero attached hydrogens (tertiary/aromatic N) is 2. The van der Waals surface area contributed by atoms with Crippen LogP contribution in [0.1, 0.15) is 21.6 Å². The van der Waals surface area contributed by atoms with E-state index in [9.17, 15) is 4.79 Å². The summed E-state index contributed by atoms with van der Waals surface area (Å²) in [7, 11) is 0. The fraction of sp³-hybridized carbons (Fsp3) is 0.0714. The molecular weight excluding hydrogens is 262 g/mol. The number of nitriles is 1. The van der Waals surface area contributed by atoms with Gasteiger partial charge in [-0.3, -0.25) is 4.79 Å². The maximum absolute atomic E-state index is 12.0. The van der Waals surface area contributed by atoms with E-state index in [0.29, 0.717) is 16.3 Å². The number of rotatable bonds is 2. The molecular formula is C14H10ClN3O. The van der Waals surface area contributed by atoms with Gasteiger partial charge >= 0.3 is 0 Å². The Balaban J connectivity index is 2.18. The van der Waals surface area contributed by atoms with Gasteiger partial charge in [0.2, 0.25) is 0 Å². The number of aromatic nitrogens is 1. The van der Waals surface area contributed by atoms with E-state index >= 15 is 0 Å². The maximum atomic E-state index is 12.0. The fourth-order valence-corrected chi connectivity index (χ4v) is 1.77. The number of nitrogens with one attached hydrogen (secondary N) is 1. The Morgan fingerprint density at radius 1 is 1.37 bits per heavy atom. The minimum absolute atomic E-state index is 0.258. The Morgan fingerprint density at radius 3 is 2.74 bits per heavy atom. The number of halogens is 1. The molecule has 2 aromatic rings. The molecule has 0 aliphatic rings. The van der Waals surface area contributed by atoms with E-state index in [1.54, 1.807) is 24.3 Å². The van der Waals surface area contributed by atoms with Gasteiger partial charge in [-0.25, -0.2) is 4.98 Å². The minimum Gasteiger partial charge on any atom is -0.320 e. The standard InChI is InChI=1S/C14H10ClN3O/c1-9-6-11(15)3-5-12(9)18-14(19)13-4-2-10(7-16)8-17-13/h2-6,8H,1H3,(H,18,19). The summed E-state index contributed by atoms with van der Waals surface area (Å²) in [5.74, 6) is -0.324. The van der Waals surface area contributed by atoms with Crippen LogP contribution in [0.2, 0.25) is 5.02 Å². The zero-order valence-corrected chi connectivity index (χ0v) is 10.9. The molecule has 1 N–H and O–H groups in total. The van der Waals surface area contributed by atoms with Crippen molar-refractivity contribution in [3.05, 3.63) is 58.4 Å².